The van der Waals surface area contributed by atoms with Gasteiger partial charge in [0.25, 0.3) is 0 Å². The third-order valence-electron chi connectivity index (χ3n) is 7.03. The molecule has 0 unspecified atom stereocenters. The van der Waals surface area contributed by atoms with E-state index in [9.17, 15) is 10.1 Å². The molecule has 1 aliphatic carbocycles. The van der Waals surface area contributed by atoms with Gasteiger partial charge < -0.3 is 15.2 Å². The molecular formula is C29H32N2O3. The number of carbonyl (C=O) groups is 1. The Bertz CT molecular complexity index is 1130. The molecule has 2 aromatic rings. The maximum atomic E-state index is 13.7. The molecule has 1 fully saturated rings. The SMILES string of the molecule is CC(C)[C@@H]1CC[C@@H](C)C[C@H]1OC(=O)C1=C(N)OC(c2ccccc2)=C(C#N)[C@@H]1c1ccccc1. The molecule has 2 aliphatic rings. The van der Waals surface area contributed by atoms with Gasteiger partial charge in [-0.15, -0.1) is 0 Å². The molecule has 4 rings (SSSR count). The zero-order chi connectivity index (χ0) is 24.2. The number of allylic oxidation sites excluding steroid dienone is 1. The highest BCUT2D eigenvalue weighted by atomic mass is 16.5. The van der Waals surface area contributed by atoms with Crippen LogP contribution < -0.4 is 5.73 Å². The smallest absolute Gasteiger partial charge is 0.340 e. The lowest BCUT2D eigenvalue weighted by atomic mass is 9.75. The molecule has 1 saturated carbocycles. The van der Waals surface area contributed by atoms with Crippen LogP contribution in [-0.2, 0) is 14.3 Å². The van der Waals surface area contributed by atoms with Gasteiger partial charge >= 0.3 is 5.97 Å². The molecule has 0 amide bonds. The summed E-state index contributed by atoms with van der Waals surface area (Å²) in [6, 6.07) is 21.1. The van der Waals surface area contributed by atoms with Crippen LogP contribution in [0.5, 0.6) is 0 Å². The number of nitriles is 1. The Morgan fingerprint density at radius 2 is 1.74 bits per heavy atom. The topological polar surface area (TPSA) is 85.3 Å². The highest BCUT2D eigenvalue weighted by Gasteiger charge is 2.40. The lowest BCUT2D eigenvalue weighted by molar-refractivity contribution is -0.151. The first kappa shape index (κ1) is 23.6. The van der Waals surface area contributed by atoms with E-state index >= 15 is 0 Å². The predicted octanol–water partition coefficient (Wildman–Crippen LogP) is 5.91. The standard InChI is InChI=1S/C29H32N2O3/c1-18(2)22-15-14-19(3)16-24(22)33-29(32)26-25(20-10-6-4-7-11-20)23(17-30)27(34-28(26)31)21-12-8-5-9-13-21/h4-13,18-19,22,24-25H,14-16,31H2,1-3H3/t19-,22+,24-,25+/m1/s1. The first-order valence-electron chi connectivity index (χ1n) is 12.0. The van der Waals surface area contributed by atoms with Crippen molar-refractivity contribution < 1.29 is 14.3 Å². The van der Waals surface area contributed by atoms with Crippen LogP contribution in [0.1, 0.15) is 57.1 Å². The monoisotopic (exact) mass is 456 g/mol. The summed E-state index contributed by atoms with van der Waals surface area (Å²) >= 11 is 0. The normalized spacial score (nSPS) is 25.0. The first-order valence-corrected chi connectivity index (χ1v) is 12.0. The van der Waals surface area contributed by atoms with Crippen molar-refractivity contribution in [1.82, 2.24) is 0 Å². The molecule has 5 heteroatoms. The number of ether oxygens (including phenoxy) is 2. The van der Waals surface area contributed by atoms with E-state index in [1.807, 2.05) is 60.7 Å². The van der Waals surface area contributed by atoms with Crippen molar-refractivity contribution in [3.8, 4) is 6.07 Å². The molecule has 0 spiro atoms. The summed E-state index contributed by atoms with van der Waals surface area (Å²) in [6.45, 7) is 6.55. The Hall–Kier alpha value is -3.52. The summed E-state index contributed by atoms with van der Waals surface area (Å²) in [6.07, 6.45) is 2.82. The number of nitrogens with zero attached hydrogens (tertiary/aromatic N) is 1. The van der Waals surface area contributed by atoms with Crippen LogP contribution in [0.2, 0.25) is 0 Å². The largest absolute Gasteiger partial charge is 0.459 e. The Balaban J connectivity index is 1.75. The van der Waals surface area contributed by atoms with Crippen molar-refractivity contribution in [1.29, 1.82) is 5.26 Å². The second-order valence-electron chi connectivity index (χ2n) is 9.71. The van der Waals surface area contributed by atoms with E-state index in [1.54, 1.807) is 0 Å². The summed E-state index contributed by atoms with van der Waals surface area (Å²) < 4.78 is 12.1. The molecule has 1 heterocycles. The van der Waals surface area contributed by atoms with Crippen LogP contribution in [0.4, 0.5) is 0 Å². The third kappa shape index (κ3) is 4.72. The van der Waals surface area contributed by atoms with Crippen LogP contribution in [0.25, 0.3) is 5.76 Å². The second kappa shape index (κ2) is 10.2. The molecule has 2 aromatic carbocycles. The molecule has 176 valence electrons. The average molecular weight is 457 g/mol. The maximum absolute atomic E-state index is 13.7. The molecule has 4 atom stereocenters. The van der Waals surface area contributed by atoms with E-state index in [-0.39, 0.29) is 17.6 Å². The fraction of sp³-hybridized carbons (Fsp3) is 0.379. The van der Waals surface area contributed by atoms with E-state index < -0.39 is 11.9 Å². The third-order valence-corrected chi connectivity index (χ3v) is 7.03. The highest BCUT2D eigenvalue weighted by molar-refractivity contribution is 5.94. The summed E-state index contributed by atoms with van der Waals surface area (Å²) in [5, 5.41) is 10.2. The minimum absolute atomic E-state index is 0.0124. The van der Waals surface area contributed by atoms with Gasteiger partial charge in [0, 0.05) is 5.56 Å². The number of nitrogens with two attached hydrogens (primary N) is 1. The number of hydrogen-bond donors (Lipinski definition) is 1. The number of hydrogen-bond acceptors (Lipinski definition) is 5. The molecule has 0 radical (unpaired) electrons. The van der Waals surface area contributed by atoms with Crippen LogP contribution in [0.3, 0.4) is 0 Å². The van der Waals surface area contributed by atoms with Crippen molar-refractivity contribution in [2.75, 3.05) is 0 Å². The fourth-order valence-corrected chi connectivity index (χ4v) is 5.21. The van der Waals surface area contributed by atoms with Gasteiger partial charge in [0.2, 0.25) is 5.88 Å². The maximum Gasteiger partial charge on any atom is 0.340 e. The van der Waals surface area contributed by atoms with Crippen LogP contribution in [0.15, 0.2) is 77.7 Å². The summed E-state index contributed by atoms with van der Waals surface area (Å²) in [5.41, 5.74) is 8.46. The van der Waals surface area contributed by atoms with E-state index in [0.717, 1.165) is 30.4 Å². The number of rotatable bonds is 5. The minimum atomic E-state index is -0.666. The van der Waals surface area contributed by atoms with Gasteiger partial charge in [-0.3, -0.25) is 0 Å². The van der Waals surface area contributed by atoms with Crippen LogP contribution in [0, 0.1) is 29.1 Å². The quantitative estimate of drug-likeness (QED) is 0.565. The number of benzene rings is 2. The van der Waals surface area contributed by atoms with E-state index in [2.05, 4.69) is 26.8 Å². The molecule has 2 N–H and O–H groups in total. The zero-order valence-electron chi connectivity index (χ0n) is 20.0. The molecule has 0 aromatic heterocycles. The average Bonchev–Trinajstić information content (AvgIpc) is 2.84. The summed E-state index contributed by atoms with van der Waals surface area (Å²) in [5.74, 6) is 0.387. The summed E-state index contributed by atoms with van der Waals surface area (Å²) in [4.78, 5) is 13.7. The van der Waals surface area contributed by atoms with Crippen LogP contribution >= 0.6 is 0 Å². The van der Waals surface area contributed by atoms with E-state index in [0.29, 0.717) is 29.1 Å². The van der Waals surface area contributed by atoms with Gasteiger partial charge in [0.15, 0.2) is 5.76 Å². The van der Waals surface area contributed by atoms with Crippen molar-refractivity contribution in [3.05, 3.63) is 88.8 Å². The Labute approximate surface area is 201 Å². The van der Waals surface area contributed by atoms with Gasteiger partial charge in [-0.05, 0) is 36.2 Å². The zero-order valence-corrected chi connectivity index (χ0v) is 20.0. The van der Waals surface area contributed by atoms with Gasteiger partial charge in [0.05, 0.1) is 17.6 Å². The van der Waals surface area contributed by atoms with Crippen LogP contribution in [-0.4, -0.2) is 12.1 Å². The number of carbonyl (C=O) groups excluding carboxylic acids is 1. The molecule has 34 heavy (non-hydrogen) atoms. The molecule has 0 bridgehead atoms. The van der Waals surface area contributed by atoms with Crippen molar-refractivity contribution in [2.45, 2.75) is 52.1 Å². The van der Waals surface area contributed by atoms with Gasteiger partial charge in [0.1, 0.15) is 11.7 Å². The molecule has 0 saturated heterocycles. The van der Waals surface area contributed by atoms with Gasteiger partial charge in [-0.2, -0.15) is 5.26 Å². The van der Waals surface area contributed by atoms with E-state index in [4.69, 9.17) is 15.2 Å². The van der Waals surface area contributed by atoms with Crippen molar-refractivity contribution in [2.24, 2.45) is 23.5 Å². The highest BCUT2D eigenvalue weighted by Crippen LogP contribution is 2.43. The Kier molecular flexibility index (Phi) is 7.07. The molecule has 5 nitrogen and oxygen atoms in total. The van der Waals surface area contributed by atoms with Crippen molar-refractivity contribution >= 4 is 11.7 Å². The molecular weight excluding hydrogens is 424 g/mol. The second-order valence-corrected chi connectivity index (χ2v) is 9.71. The molecule has 1 aliphatic heterocycles. The first-order chi connectivity index (χ1) is 16.4. The predicted molar refractivity (Wildman–Crippen MR) is 132 cm³/mol. The van der Waals surface area contributed by atoms with E-state index in [1.165, 1.54) is 0 Å². The fourth-order valence-electron chi connectivity index (χ4n) is 5.21. The lowest BCUT2D eigenvalue weighted by Crippen LogP contribution is -2.37. The minimum Gasteiger partial charge on any atom is -0.459 e. The lowest BCUT2D eigenvalue weighted by Gasteiger charge is -2.37. The van der Waals surface area contributed by atoms with Crippen molar-refractivity contribution in [3.63, 3.8) is 0 Å². The Morgan fingerprint density at radius 1 is 1.09 bits per heavy atom. The van der Waals surface area contributed by atoms with Gasteiger partial charge in [-0.1, -0.05) is 87.9 Å². The summed E-state index contributed by atoms with van der Waals surface area (Å²) in [7, 11) is 0. The van der Waals surface area contributed by atoms with Gasteiger partial charge in [-0.25, -0.2) is 4.79 Å². The Morgan fingerprint density at radius 3 is 2.35 bits per heavy atom. The number of esters is 1.